The number of guanidine groups is 1. The summed E-state index contributed by atoms with van der Waals surface area (Å²) in [4.78, 5) is 18.1. The molecular formula is C17H25N3O2. The number of carbonyl (C=O) groups excluding carboxylic acids is 1. The van der Waals surface area contributed by atoms with E-state index < -0.39 is 0 Å². The highest BCUT2D eigenvalue weighted by Gasteiger charge is 2.26. The molecule has 1 fully saturated rings. The van der Waals surface area contributed by atoms with Crippen molar-refractivity contribution >= 4 is 11.9 Å². The van der Waals surface area contributed by atoms with Crippen molar-refractivity contribution in [3.8, 4) is 0 Å². The molecule has 0 aromatic heterocycles. The minimum absolute atomic E-state index is 0.0238. The number of aryl methyl sites for hydroxylation is 1. The van der Waals surface area contributed by atoms with Crippen LogP contribution in [0.3, 0.4) is 0 Å². The summed E-state index contributed by atoms with van der Waals surface area (Å²) in [5.74, 6) is 0.824. The maximum atomic E-state index is 11.6. The molecule has 0 atom stereocenters. The van der Waals surface area contributed by atoms with E-state index in [1.54, 1.807) is 7.05 Å². The summed E-state index contributed by atoms with van der Waals surface area (Å²) < 4.78 is 4.83. The van der Waals surface area contributed by atoms with Crippen molar-refractivity contribution in [1.29, 1.82) is 0 Å². The van der Waals surface area contributed by atoms with E-state index in [0.29, 0.717) is 0 Å². The molecule has 1 aliphatic heterocycles. The third-order valence-electron chi connectivity index (χ3n) is 4.24. The number of methoxy groups -OCH3 is 1. The molecule has 5 nitrogen and oxygen atoms in total. The van der Waals surface area contributed by atoms with Crippen molar-refractivity contribution in [2.45, 2.75) is 26.3 Å². The molecule has 2 rings (SSSR count). The van der Waals surface area contributed by atoms with E-state index in [-0.39, 0.29) is 11.9 Å². The molecule has 0 radical (unpaired) electrons. The van der Waals surface area contributed by atoms with Gasteiger partial charge in [0, 0.05) is 26.7 Å². The Kier molecular flexibility index (Phi) is 5.81. The Morgan fingerprint density at radius 2 is 2.05 bits per heavy atom. The number of carbonyl (C=O) groups is 1. The molecule has 1 aromatic carbocycles. The molecule has 120 valence electrons. The summed E-state index contributed by atoms with van der Waals surface area (Å²) in [5.41, 5.74) is 2.54. The molecule has 1 saturated heterocycles. The molecule has 1 heterocycles. The fraction of sp³-hybridized carbons (Fsp3) is 0.529. The van der Waals surface area contributed by atoms with Gasteiger partial charge >= 0.3 is 5.97 Å². The summed E-state index contributed by atoms with van der Waals surface area (Å²) in [6.07, 6.45) is 1.63. The second-order valence-corrected chi connectivity index (χ2v) is 5.61. The summed E-state index contributed by atoms with van der Waals surface area (Å²) in [6.45, 7) is 4.53. The predicted molar refractivity (Wildman–Crippen MR) is 87.7 cm³/mol. The Morgan fingerprint density at radius 1 is 1.36 bits per heavy atom. The van der Waals surface area contributed by atoms with E-state index in [0.717, 1.165) is 38.4 Å². The number of likely N-dealkylation sites (tertiary alicyclic amines) is 1. The van der Waals surface area contributed by atoms with Gasteiger partial charge < -0.3 is 15.0 Å². The van der Waals surface area contributed by atoms with E-state index in [1.165, 1.54) is 18.2 Å². The van der Waals surface area contributed by atoms with Gasteiger partial charge in [0.15, 0.2) is 5.96 Å². The molecule has 0 saturated carbocycles. The molecule has 0 spiro atoms. The second kappa shape index (κ2) is 7.82. The maximum absolute atomic E-state index is 11.6. The molecule has 0 bridgehead atoms. The number of hydrogen-bond acceptors (Lipinski definition) is 3. The predicted octanol–water partition coefficient (Wildman–Crippen LogP) is 1.96. The van der Waals surface area contributed by atoms with Gasteiger partial charge in [-0.3, -0.25) is 9.79 Å². The number of aliphatic imine (C=N–C) groups is 1. The number of piperidine rings is 1. The second-order valence-electron chi connectivity index (χ2n) is 5.61. The standard InChI is InChI=1S/C17H25N3O2/c1-13-6-4-5-7-15(13)12-19-17(18-2)20-10-8-14(9-11-20)16(21)22-3/h4-7,14H,8-12H2,1-3H3,(H,18,19). The fourth-order valence-corrected chi connectivity index (χ4v) is 2.81. The zero-order chi connectivity index (χ0) is 15.9. The Bertz CT molecular complexity index is 534. The Balaban J connectivity index is 1.88. The lowest BCUT2D eigenvalue weighted by Gasteiger charge is -2.33. The molecule has 1 N–H and O–H groups in total. The number of ether oxygens (including phenoxy) is 1. The zero-order valence-corrected chi connectivity index (χ0v) is 13.6. The average molecular weight is 303 g/mol. The summed E-state index contributed by atoms with van der Waals surface area (Å²) in [7, 11) is 3.25. The number of nitrogens with one attached hydrogen (secondary N) is 1. The van der Waals surface area contributed by atoms with Gasteiger partial charge in [-0.05, 0) is 30.9 Å². The molecular weight excluding hydrogens is 278 g/mol. The number of nitrogens with zero attached hydrogens (tertiary/aromatic N) is 2. The summed E-state index contributed by atoms with van der Waals surface area (Å²) in [6, 6.07) is 8.33. The van der Waals surface area contributed by atoms with Crippen LogP contribution in [0.1, 0.15) is 24.0 Å². The highest BCUT2D eigenvalue weighted by Crippen LogP contribution is 2.18. The highest BCUT2D eigenvalue weighted by molar-refractivity contribution is 5.80. The van der Waals surface area contributed by atoms with Gasteiger partial charge in [0.2, 0.25) is 0 Å². The highest BCUT2D eigenvalue weighted by atomic mass is 16.5. The monoisotopic (exact) mass is 303 g/mol. The van der Waals surface area contributed by atoms with Gasteiger partial charge in [0.05, 0.1) is 13.0 Å². The van der Waals surface area contributed by atoms with Crippen molar-refractivity contribution in [1.82, 2.24) is 10.2 Å². The van der Waals surface area contributed by atoms with E-state index in [2.05, 4.69) is 40.3 Å². The van der Waals surface area contributed by atoms with Crippen molar-refractivity contribution < 1.29 is 9.53 Å². The quantitative estimate of drug-likeness (QED) is 0.527. The number of esters is 1. The van der Waals surface area contributed by atoms with Crippen molar-refractivity contribution in [2.24, 2.45) is 10.9 Å². The van der Waals surface area contributed by atoms with Gasteiger partial charge in [0.25, 0.3) is 0 Å². The van der Waals surface area contributed by atoms with Crippen molar-refractivity contribution in [2.75, 3.05) is 27.2 Å². The molecule has 0 aliphatic carbocycles. The third kappa shape index (κ3) is 4.00. The first kappa shape index (κ1) is 16.3. The van der Waals surface area contributed by atoms with E-state index in [9.17, 15) is 4.79 Å². The summed E-state index contributed by atoms with van der Waals surface area (Å²) in [5, 5.41) is 3.41. The van der Waals surface area contributed by atoms with Crippen LogP contribution in [0, 0.1) is 12.8 Å². The van der Waals surface area contributed by atoms with Crippen LogP contribution in [0.25, 0.3) is 0 Å². The van der Waals surface area contributed by atoms with Crippen molar-refractivity contribution in [3.05, 3.63) is 35.4 Å². The first-order valence-corrected chi connectivity index (χ1v) is 7.73. The molecule has 22 heavy (non-hydrogen) atoms. The normalized spacial score (nSPS) is 16.5. The Labute approximate surface area is 132 Å². The van der Waals surface area contributed by atoms with Crippen LogP contribution in [0.15, 0.2) is 29.3 Å². The molecule has 0 amide bonds. The third-order valence-corrected chi connectivity index (χ3v) is 4.24. The van der Waals surface area contributed by atoms with Crippen LogP contribution in [0.5, 0.6) is 0 Å². The molecule has 1 aromatic rings. The number of benzene rings is 1. The van der Waals surface area contributed by atoms with Crippen LogP contribution in [-0.2, 0) is 16.1 Å². The Morgan fingerprint density at radius 3 is 2.64 bits per heavy atom. The minimum atomic E-state index is -0.0949. The lowest BCUT2D eigenvalue weighted by atomic mass is 9.97. The van der Waals surface area contributed by atoms with Crippen LogP contribution < -0.4 is 5.32 Å². The smallest absolute Gasteiger partial charge is 0.308 e. The van der Waals surface area contributed by atoms with E-state index in [4.69, 9.17) is 4.74 Å². The lowest BCUT2D eigenvalue weighted by molar-refractivity contribution is -0.146. The topological polar surface area (TPSA) is 53.9 Å². The number of hydrogen-bond donors (Lipinski definition) is 1. The van der Waals surface area contributed by atoms with Crippen LogP contribution in [0.4, 0.5) is 0 Å². The van der Waals surface area contributed by atoms with Gasteiger partial charge in [-0.2, -0.15) is 0 Å². The average Bonchev–Trinajstić information content (AvgIpc) is 2.56. The maximum Gasteiger partial charge on any atom is 0.308 e. The number of rotatable bonds is 3. The first-order chi connectivity index (χ1) is 10.7. The van der Waals surface area contributed by atoms with Crippen molar-refractivity contribution in [3.63, 3.8) is 0 Å². The SMILES string of the molecule is CN=C(NCc1ccccc1C)N1CCC(C(=O)OC)CC1. The van der Waals surface area contributed by atoms with Gasteiger partial charge in [-0.1, -0.05) is 24.3 Å². The molecule has 1 aliphatic rings. The minimum Gasteiger partial charge on any atom is -0.469 e. The van der Waals surface area contributed by atoms with Gasteiger partial charge in [-0.15, -0.1) is 0 Å². The summed E-state index contributed by atoms with van der Waals surface area (Å²) >= 11 is 0. The molecule has 0 unspecified atom stereocenters. The fourth-order valence-electron chi connectivity index (χ4n) is 2.81. The lowest BCUT2D eigenvalue weighted by Crippen LogP contribution is -2.46. The van der Waals surface area contributed by atoms with Crippen LogP contribution in [-0.4, -0.2) is 44.1 Å². The van der Waals surface area contributed by atoms with Crippen LogP contribution in [0.2, 0.25) is 0 Å². The first-order valence-electron chi connectivity index (χ1n) is 7.73. The van der Waals surface area contributed by atoms with E-state index >= 15 is 0 Å². The van der Waals surface area contributed by atoms with Crippen LogP contribution >= 0.6 is 0 Å². The zero-order valence-electron chi connectivity index (χ0n) is 13.6. The molecule has 5 heteroatoms. The van der Waals surface area contributed by atoms with Gasteiger partial charge in [-0.25, -0.2) is 0 Å². The largest absolute Gasteiger partial charge is 0.469 e. The van der Waals surface area contributed by atoms with E-state index in [1.807, 2.05) is 6.07 Å². The Hall–Kier alpha value is -2.04. The van der Waals surface area contributed by atoms with Gasteiger partial charge in [0.1, 0.15) is 0 Å².